The highest BCUT2D eigenvalue weighted by Crippen LogP contribution is 2.11. The van der Waals surface area contributed by atoms with Crippen LogP contribution in [-0.4, -0.2) is 13.1 Å². The van der Waals surface area contributed by atoms with Crippen molar-refractivity contribution in [2.24, 2.45) is 0 Å². The Morgan fingerprint density at radius 1 is 1.40 bits per heavy atom. The maximum absolute atomic E-state index is 12.1. The van der Waals surface area contributed by atoms with E-state index < -0.39 is 13.4 Å². The van der Waals surface area contributed by atoms with E-state index in [0.29, 0.717) is 5.75 Å². The van der Waals surface area contributed by atoms with Crippen LogP contribution in [0.25, 0.3) is 0 Å². The molecule has 1 heterocycles. The zero-order valence-electron chi connectivity index (χ0n) is 8.66. The molecule has 0 N–H and O–H groups in total. The number of hydrogen-bond donors (Lipinski definition) is 0. The summed E-state index contributed by atoms with van der Waals surface area (Å²) < 4.78 is 42.8. The topological polar surface area (TPSA) is 13.1 Å². The number of pyridine rings is 1. The van der Waals surface area contributed by atoms with E-state index in [4.69, 9.17) is 4.74 Å². The van der Waals surface area contributed by atoms with Crippen molar-refractivity contribution in [2.75, 3.05) is 0 Å². The van der Waals surface area contributed by atoms with E-state index >= 15 is 0 Å². The lowest BCUT2D eigenvalue weighted by Crippen LogP contribution is -2.43. The molecule has 0 aliphatic heterocycles. The molecule has 0 atom stereocenters. The van der Waals surface area contributed by atoms with Gasteiger partial charge in [0, 0.05) is 6.07 Å². The molecule has 84 valence electrons. The highest BCUT2D eigenvalue weighted by atomic mass is 19.4. The summed E-state index contributed by atoms with van der Waals surface area (Å²) in [4.78, 5) is 0. The number of nitrogens with zero attached hydrogens (tertiary/aromatic N) is 1. The van der Waals surface area contributed by atoms with Crippen molar-refractivity contribution >= 4 is 6.98 Å². The van der Waals surface area contributed by atoms with Gasteiger partial charge in [-0.05, 0) is 19.9 Å². The molecule has 0 radical (unpaired) electrons. The molecule has 0 spiro atoms. The first-order valence-electron chi connectivity index (χ1n) is 4.73. The molecule has 0 bridgehead atoms. The summed E-state index contributed by atoms with van der Waals surface area (Å²) >= 11 is 0. The molecule has 0 aliphatic carbocycles. The molecule has 6 heteroatoms. The number of hydrogen-bond acceptors (Lipinski definition) is 1. The molecule has 0 fully saturated rings. The molecule has 2 nitrogen and oxygen atoms in total. The number of ether oxygens (including phenoxy) is 1. The monoisotopic (exact) mass is 219 g/mol. The Kier molecular flexibility index (Phi) is 3.60. The van der Waals surface area contributed by atoms with E-state index in [1.165, 1.54) is 12.4 Å². The summed E-state index contributed by atoms with van der Waals surface area (Å²) in [7, 11) is 0. The van der Waals surface area contributed by atoms with E-state index in [1.807, 2.05) is 13.8 Å². The first kappa shape index (κ1) is 11.9. The molecular weight excluding hydrogens is 206 g/mol. The Hall–Kier alpha value is -1.20. The van der Waals surface area contributed by atoms with E-state index in [9.17, 15) is 12.9 Å². The first-order chi connectivity index (χ1) is 6.87. The average Bonchev–Trinajstić information content (AvgIpc) is 1.99. The van der Waals surface area contributed by atoms with Crippen LogP contribution in [0.5, 0.6) is 5.75 Å². The summed E-state index contributed by atoms with van der Waals surface area (Å²) in [5, 5.41) is 0. The number of aromatic nitrogens is 1. The van der Waals surface area contributed by atoms with Crippen molar-refractivity contribution in [1.82, 2.24) is 0 Å². The predicted molar refractivity (Wildman–Crippen MR) is 51.5 cm³/mol. The Labute approximate surface area is 86.7 Å². The van der Waals surface area contributed by atoms with Crippen LogP contribution in [-0.2, 0) is 6.44 Å². The molecule has 1 aromatic heterocycles. The second-order valence-corrected chi connectivity index (χ2v) is 3.61. The van der Waals surface area contributed by atoms with E-state index in [0.717, 1.165) is 4.57 Å². The molecule has 1 aromatic rings. The van der Waals surface area contributed by atoms with Crippen LogP contribution in [0.3, 0.4) is 0 Å². The van der Waals surface area contributed by atoms with Gasteiger partial charge in [0.2, 0.25) is 6.20 Å². The lowest BCUT2D eigenvalue weighted by molar-refractivity contribution is -0.684. The summed E-state index contributed by atoms with van der Waals surface area (Å²) in [6.07, 6.45) is 1.75. The van der Waals surface area contributed by atoms with Gasteiger partial charge in [-0.2, -0.15) is 0 Å². The smallest absolute Gasteiger partial charge is 0.485 e. The van der Waals surface area contributed by atoms with E-state index in [2.05, 4.69) is 0 Å². The summed E-state index contributed by atoms with van der Waals surface area (Å²) in [6, 6.07) is 3.18. The lowest BCUT2D eigenvalue weighted by Gasteiger charge is -2.11. The Bertz CT molecular complexity index is 327. The van der Waals surface area contributed by atoms with Crippen LogP contribution in [0.1, 0.15) is 13.8 Å². The Morgan fingerprint density at radius 2 is 2.07 bits per heavy atom. The minimum absolute atomic E-state index is 0.0442. The molecule has 0 unspecified atom stereocenters. The average molecular weight is 219 g/mol. The first-order valence-corrected chi connectivity index (χ1v) is 4.73. The van der Waals surface area contributed by atoms with Crippen molar-refractivity contribution < 1.29 is 22.3 Å². The fourth-order valence-corrected chi connectivity index (χ4v) is 1.19. The van der Waals surface area contributed by atoms with Crippen molar-refractivity contribution in [3.05, 3.63) is 24.5 Å². The van der Waals surface area contributed by atoms with Crippen molar-refractivity contribution in [3.63, 3.8) is 0 Å². The van der Waals surface area contributed by atoms with Gasteiger partial charge in [-0.15, -0.1) is 0 Å². The van der Waals surface area contributed by atoms with Gasteiger partial charge >= 0.3 is 6.98 Å². The maximum atomic E-state index is 12.1. The van der Waals surface area contributed by atoms with Crippen LogP contribution in [0, 0.1) is 0 Å². The normalized spacial score (nSPS) is 11.9. The summed E-state index contributed by atoms with van der Waals surface area (Å²) in [5.74, 6) is 0.451. The summed E-state index contributed by atoms with van der Waals surface area (Å²) in [5.41, 5.74) is 0. The van der Waals surface area contributed by atoms with Gasteiger partial charge < -0.3 is 17.7 Å². The van der Waals surface area contributed by atoms with Crippen molar-refractivity contribution in [1.29, 1.82) is 0 Å². The SMILES string of the molecule is CC(C)Oc1ccc[n+](C[B-](F)(F)F)c1. The van der Waals surface area contributed by atoms with Gasteiger partial charge in [0.05, 0.1) is 6.10 Å². The summed E-state index contributed by atoms with van der Waals surface area (Å²) in [6.45, 7) is -1.16. The molecule has 1 rings (SSSR count). The van der Waals surface area contributed by atoms with Crippen LogP contribution in [0.15, 0.2) is 24.5 Å². The molecule has 0 amide bonds. The van der Waals surface area contributed by atoms with E-state index in [1.54, 1.807) is 12.1 Å². The van der Waals surface area contributed by atoms with Crippen LogP contribution in [0.2, 0.25) is 0 Å². The highest BCUT2D eigenvalue weighted by molar-refractivity contribution is 6.56. The minimum Gasteiger partial charge on any atom is -0.485 e. The molecular formula is C9H13BF3NO. The second-order valence-electron chi connectivity index (χ2n) is 3.61. The van der Waals surface area contributed by atoms with Crippen LogP contribution >= 0.6 is 0 Å². The zero-order chi connectivity index (χ0) is 11.5. The van der Waals surface area contributed by atoms with Gasteiger partial charge in [-0.1, -0.05) is 0 Å². The number of halogens is 3. The Morgan fingerprint density at radius 3 is 2.60 bits per heavy atom. The fourth-order valence-electron chi connectivity index (χ4n) is 1.19. The fraction of sp³-hybridized carbons (Fsp3) is 0.444. The van der Waals surface area contributed by atoms with Gasteiger partial charge in [0.15, 0.2) is 11.9 Å². The highest BCUT2D eigenvalue weighted by Gasteiger charge is 2.29. The molecule has 0 aliphatic rings. The molecule has 15 heavy (non-hydrogen) atoms. The quantitative estimate of drug-likeness (QED) is 0.558. The standard InChI is InChI=1S/C9H13BF3NO/c1-8(2)15-9-4-3-5-14(6-9)7-10(11,12)13/h3-6,8H,7H2,1-2H3. The van der Waals surface area contributed by atoms with Gasteiger partial charge in [-0.3, -0.25) is 0 Å². The second kappa shape index (κ2) is 4.55. The lowest BCUT2D eigenvalue weighted by atomic mass is 9.92. The van der Waals surface area contributed by atoms with Gasteiger partial charge in [0.25, 0.3) is 0 Å². The van der Waals surface area contributed by atoms with E-state index in [-0.39, 0.29) is 6.10 Å². The van der Waals surface area contributed by atoms with Gasteiger partial charge in [-0.25, -0.2) is 4.57 Å². The third kappa shape index (κ3) is 4.72. The third-order valence-electron chi connectivity index (χ3n) is 1.62. The van der Waals surface area contributed by atoms with Crippen molar-refractivity contribution in [3.8, 4) is 5.75 Å². The van der Waals surface area contributed by atoms with Crippen molar-refractivity contribution in [2.45, 2.75) is 26.4 Å². The Balaban J connectivity index is 2.74. The minimum atomic E-state index is -4.81. The molecule has 0 saturated heterocycles. The maximum Gasteiger partial charge on any atom is 0.542 e. The zero-order valence-corrected chi connectivity index (χ0v) is 8.66. The molecule has 0 aromatic carbocycles. The largest absolute Gasteiger partial charge is 0.542 e. The predicted octanol–water partition coefficient (Wildman–Crippen LogP) is 2.15. The third-order valence-corrected chi connectivity index (χ3v) is 1.62. The van der Waals surface area contributed by atoms with Gasteiger partial charge in [0.1, 0.15) is 6.44 Å². The van der Waals surface area contributed by atoms with Crippen LogP contribution in [0.4, 0.5) is 12.9 Å². The number of rotatable bonds is 4. The van der Waals surface area contributed by atoms with Crippen LogP contribution < -0.4 is 9.30 Å². The molecule has 0 saturated carbocycles.